The maximum Gasteiger partial charge on any atom is 0.319 e. The molecule has 0 atom stereocenters. The summed E-state index contributed by atoms with van der Waals surface area (Å²) in [6.45, 7) is 0.294. The van der Waals surface area contributed by atoms with Crippen molar-refractivity contribution in [2.24, 2.45) is 7.05 Å². The molecular formula is C16H15N3O3. The van der Waals surface area contributed by atoms with Crippen LogP contribution >= 0.6 is 0 Å². The largest absolute Gasteiger partial charge is 0.467 e. The molecular weight excluding hydrogens is 282 g/mol. The fourth-order valence-corrected chi connectivity index (χ4v) is 2.26. The van der Waals surface area contributed by atoms with Crippen molar-refractivity contribution in [3.05, 3.63) is 65.0 Å². The normalized spacial score (nSPS) is 10.6. The standard InChI is InChI=1S/C16H15N3O3/c1-19-10-14(12-6-2-3-7-13(12)15(19)20)18-16(21)17-9-11-5-4-8-22-11/h2-8,10H,9H2,1H3,(H2,17,18,21). The zero-order valence-electron chi connectivity index (χ0n) is 12.0. The fourth-order valence-electron chi connectivity index (χ4n) is 2.26. The summed E-state index contributed by atoms with van der Waals surface area (Å²) in [5, 5.41) is 6.74. The summed E-state index contributed by atoms with van der Waals surface area (Å²) in [5.74, 6) is 0.667. The lowest BCUT2D eigenvalue weighted by Crippen LogP contribution is -2.29. The zero-order chi connectivity index (χ0) is 15.5. The number of urea groups is 1. The third-order valence-electron chi connectivity index (χ3n) is 3.34. The van der Waals surface area contributed by atoms with Crippen molar-refractivity contribution in [1.82, 2.24) is 9.88 Å². The first-order chi connectivity index (χ1) is 10.6. The predicted molar refractivity (Wildman–Crippen MR) is 83.8 cm³/mol. The van der Waals surface area contributed by atoms with Gasteiger partial charge in [0.25, 0.3) is 5.56 Å². The van der Waals surface area contributed by atoms with Gasteiger partial charge in [-0.05, 0) is 18.2 Å². The highest BCUT2D eigenvalue weighted by molar-refractivity contribution is 6.00. The first kappa shape index (κ1) is 13.9. The third-order valence-corrected chi connectivity index (χ3v) is 3.34. The van der Waals surface area contributed by atoms with Gasteiger partial charge < -0.3 is 19.6 Å². The Morgan fingerprint density at radius 3 is 2.68 bits per heavy atom. The van der Waals surface area contributed by atoms with Crippen LogP contribution in [0.3, 0.4) is 0 Å². The van der Waals surface area contributed by atoms with Gasteiger partial charge in [-0.3, -0.25) is 4.79 Å². The molecule has 6 heteroatoms. The van der Waals surface area contributed by atoms with Crippen LogP contribution in [0.15, 0.2) is 58.1 Å². The lowest BCUT2D eigenvalue weighted by Gasteiger charge is -2.11. The summed E-state index contributed by atoms with van der Waals surface area (Å²) in [7, 11) is 1.65. The molecule has 0 bridgehead atoms. The van der Waals surface area contributed by atoms with Crippen molar-refractivity contribution in [2.75, 3.05) is 5.32 Å². The average molecular weight is 297 g/mol. The minimum atomic E-state index is -0.361. The van der Waals surface area contributed by atoms with Crippen LogP contribution in [0.4, 0.5) is 10.5 Å². The highest BCUT2D eigenvalue weighted by atomic mass is 16.3. The molecule has 22 heavy (non-hydrogen) atoms. The van der Waals surface area contributed by atoms with E-state index in [0.717, 1.165) is 0 Å². The molecule has 0 fully saturated rings. The third kappa shape index (κ3) is 2.71. The highest BCUT2D eigenvalue weighted by Crippen LogP contribution is 2.19. The summed E-state index contributed by atoms with van der Waals surface area (Å²) < 4.78 is 6.60. The number of hydrogen-bond acceptors (Lipinski definition) is 3. The predicted octanol–water partition coefficient (Wildman–Crippen LogP) is 2.45. The number of carbonyl (C=O) groups excluding carboxylic acids is 1. The maximum atomic E-state index is 12.1. The lowest BCUT2D eigenvalue weighted by molar-refractivity contribution is 0.251. The minimum absolute atomic E-state index is 0.0999. The van der Waals surface area contributed by atoms with E-state index < -0.39 is 0 Å². The van der Waals surface area contributed by atoms with Crippen LogP contribution in [0.5, 0.6) is 0 Å². The Kier molecular flexibility index (Phi) is 3.65. The Balaban J connectivity index is 1.83. The summed E-state index contributed by atoms with van der Waals surface area (Å²) in [4.78, 5) is 24.1. The summed E-state index contributed by atoms with van der Waals surface area (Å²) in [5.41, 5.74) is 0.479. The summed E-state index contributed by atoms with van der Waals surface area (Å²) >= 11 is 0. The van der Waals surface area contributed by atoms with Crippen molar-refractivity contribution in [1.29, 1.82) is 0 Å². The molecule has 2 aromatic heterocycles. The van der Waals surface area contributed by atoms with Gasteiger partial charge in [0.15, 0.2) is 0 Å². The Labute approximate surface area is 126 Å². The number of aryl methyl sites for hydroxylation is 1. The SMILES string of the molecule is Cn1cc(NC(=O)NCc2ccco2)c2ccccc2c1=O. The molecule has 2 heterocycles. The van der Waals surface area contributed by atoms with Gasteiger partial charge in [-0.25, -0.2) is 4.79 Å². The second-order valence-electron chi connectivity index (χ2n) is 4.89. The van der Waals surface area contributed by atoms with E-state index in [1.807, 2.05) is 6.07 Å². The summed E-state index contributed by atoms with van der Waals surface area (Å²) in [6, 6.07) is 10.3. The number of carbonyl (C=O) groups is 1. The van der Waals surface area contributed by atoms with Crippen LogP contribution in [0.25, 0.3) is 10.8 Å². The van der Waals surface area contributed by atoms with Gasteiger partial charge in [0.1, 0.15) is 5.76 Å². The number of aromatic nitrogens is 1. The van der Waals surface area contributed by atoms with Gasteiger partial charge in [-0.15, -0.1) is 0 Å². The zero-order valence-corrected chi connectivity index (χ0v) is 12.0. The number of amides is 2. The Morgan fingerprint density at radius 1 is 1.18 bits per heavy atom. The number of rotatable bonds is 3. The second kappa shape index (κ2) is 5.77. The van der Waals surface area contributed by atoms with E-state index in [1.54, 1.807) is 49.8 Å². The Morgan fingerprint density at radius 2 is 1.95 bits per heavy atom. The lowest BCUT2D eigenvalue weighted by atomic mass is 10.1. The molecule has 1 aromatic carbocycles. The number of anilines is 1. The molecule has 0 spiro atoms. The molecule has 0 unspecified atom stereocenters. The number of hydrogen-bond donors (Lipinski definition) is 2. The molecule has 0 aliphatic carbocycles. The van der Waals surface area contributed by atoms with Crippen molar-refractivity contribution < 1.29 is 9.21 Å². The molecule has 2 amide bonds. The van der Waals surface area contributed by atoms with Gasteiger partial charge in [-0.2, -0.15) is 0 Å². The molecule has 3 rings (SSSR count). The van der Waals surface area contributed by atoms with Gasteiger partial charge in [-0.1, -0.05) is 18.2 Å². The van der Waals surface area contributed by atoms with E-state index in [1.165, 1.54) is 4.57 Å². The van der Waals surface area contributed by atoms with Crippen LogP contribution in [0.2, 0.25) is 0 Å². The van der Waals surface area contributed by atoms with Crippen LogP contribution in [-0.2, 0) is 13.6 Å². The minimum Gasteiger partial charge on any atom is -0.467 e. The van der Waals surface area contributed by atoms with E-state index in [2.05, 4.69) is 10.6 Å². The summed E-state index contributed by atoms with van der Waals surface area (Å²) in [6.07, 6.45) is 3.16. The highest BCUT2D eigenvalue weighted by Gasteiger charge is 2.09. The number of pyridine rings is 1. The van der Waals surface area contributed by atoms with Gasteiger partial charge in [0.2, 0.25) is 0 Å². The molecule has 2 N–H and O–H groups in total. The number of nitrogens with zero attached hydrogens (tertiary/aromatic N) is 1. The van der Waals surface area contributed by atoms with E-state index in [0.29, 0.717) is 28.8 Å². The molecule has 0 saturated heterocycles. The molecule has 0 radical (unpaired) electrons. The van der Waals surface area contributed by atoms with Crippen LogP contribution in [0.1, 0.15) is 5.76 Å². The van der Waals surface area contributed by atoms with Gasteiger partial charge in [0, 0.05) is 24.0 Å². The van der Waals surface area contributed by atoms with Crippen molar-refractivity contribution in [3.63, 3.8) is 0 Å². The molecule has 112 valence electrons. The second-order valence-corrected chi connectivity index (χ2v) is 4.89. The van der Waals surface area contributed by atoms with Crippen molar-refractivity contribution in [3.8, 4) is 0 Å². The number of fused-ring (bicyclic) bond motifs is 1. The van der Waals surface area contributed by atoms with Gasteiger partial charge in [0.05, 0.1) is 18.5 Å². The first-order valence-corrected chi connectivity index (χ1v) is 6.81. The number of furan rings is 1. The van der Waals surface area contributed by atoms with Crippen LogP contribution < -0.4 is 16.2 Å². The first-order valence-electron chi connectivity index (χ1n) is 6.81. The van der Waals surface area contributed by atoms with E-state index >= 15 is 0 Å². The van der Waals surface area contributed by atoms with Crippen molar-refractivity contribution >= 4 is 22.5 Å². The quantitative estimate of drug-likeness (QED) is 0.779. The number of nitrogens with one attached hydrogen (secondary N) is 2. The molecule has 0 aliphatic rings. The number of benzene rings is 1. The molecule has 0 saturated carbocycles. The van der Waals surface area contributed by atoms with E-state index in [-0.39, 0.29) is 11.6 Å². The molecule has 0 aliphatic heterocycles. The van der Waals surface area contributed by atoms with E-state index in [4.69, 9.17) is 4.42 Å². The Hall–Kier alpha value is -3.02. The average Bonchev–Trinajstić information content (AvgIpc) is 3.04. The molecule has 3 aromatic rings. The monoisotopic (exact) mass is 297 g/mol. The van der Waals surface area contributed by atoms with Gasteiger partial charge >= 0.3 is 6.03 Å². The fraction of sp³-hybridized carbons (Fsp3) is 0.125. The maximum absolute atomic E-state index is 12.1. The van der Waals surface area contributed by atoms with Crippen molar-refractivity contribution in [2.45, 2.75) is 6.54 Å². The van der Waals surface area contributed by atoms with Crippen LogP contribution in [0, 0.1) is 0 Å². The van der Waals surface area contributed by atoms with Crippen LogP contribution in [-0.4, -0.2) is 10.6 Å². The molecule has 6 nitrogen and oxygen atoms in total. The topological polar surface area (TPSA) is 76.3 Å². The Bertz CT molecular complexity index is 866. The van der Waals surface area contributed by atoms with E-state index in [9.17, 15) is 9.59 Å². The smallest absolute Gasteiger partial charge is 0.319 e.